The normalized spacial score (nSPS) is 27.4. The van der Waals surface area contributed by atoms with Gasteiger partial charge in [-0.1, -0.05) is 25.0 Å². The summed E-state index contributed by atoms with van der Waals surface area (Å²) in [7, 11) is 0. The van der Waals surface area contributed by atoms with Crippen LogP contribution in [-0.4, -0.2) is 38.7 Å². The van der Waals surface area contributed by atoms with Crippen molar-refractivity contribution in [2.24, 2.45) is 11.0 Å². The van der Waals surface area contributed by atoms with E-state index in [-0.39, 0.29) is 22.7 Å². The monoisotopic (exact) mass is 342 g/mol. The molecule has 1 aliphatic heterocycles. The first-order valence-corrected chi connectivity index (χ1v) is 7.76. The summed E-state index contributed by atoms with van der Waals surface area (Å²) in [5, 5.41) is 24.2. The third kappa shape index (κ3) is 2.45. The molecular weight excluding hydrogens is 325 g/mol. The number of carbonyl (C=O) groups is 1. The first-order chi connectivity index (χ1) is 11.3. The second-order valence-corrected chi connectivity index (χ2v) is 6.10. The Morgan fingerprint density at radius 2 is 1.96 bits per heavy atom. The molecule has 0 unspecified atom stereocenters. The van der Waals surface area contributed by atoms with Gasteiger partial charge < -0.3 is 10.2 Å². The number of alkyl halides is 3. The molecule has 1 aromatic rings. The number of hydrogen-bond donors (Lipinski definition) is 2. The van der Waals surface area contributed by atoms with Crippen LogP contribution >= 0.6 is 0 Å². The number of aromatic hydroxyl groups is 1. The highest BCUT2D eigenvalue weighted by atomic mass is 19.4. The van der Waals surface area contributed by atoms with Gasteiger partial charge in [-0.05, 0) is 31.4 Å². The fraction of sp³-hybridized carbons (Fsp3) is 0.500. The quantitative estimate of drug-likeness (QED) is 0.824. The Morgan fingerprint density at radius 1 is 1.25 bits per heavy atom. The smallest absolute Gasteiger partial charge is 0.439 e. The standard InChI is InChI=1S/C16H17F3N2O3/c17-16(18,19)15(24)11-7-2-1-3-8-12(11)20-21(15)14(23)10-6-4-5-9-13(10)22/h4-6,9,11,22,24H,1-3,7-8H2/t11-,15+/m1/s1. The summed E-state index contributed by atoms with van der Waals surface area (Å²) in [5.74, 6) is -2.90. The summed E-state index contributed by atoms with van der Waals surface area (Å²) in [5.41, 5.74) is -3.52. The second kappa shape index (κ2) is 5.77. The lowest BCUT2D eigenvalue weighted by molar-refractivity contribution is -0.312. The van der Waals surface area contributed by atoms with Gasteiger partial charge in [0.05, 0.1) is 11.5 Å². The van der Waals surface area contributed by atoms with Crippen LogP contribution in [0.5, 0.6) is 5.75 Å². The van der Waals surface area contributed by atoms with E-state index in [2.05, 4.69) is 5.10 Å². The van der Waals surface area contributed by atoms with E-state index in [9.17, 15) is 28.2 Å². The van der Waals surface area contributed by atoms with Crippen molar-refractivity contribution in [1.82, 2.24) is 5.01 Å². The average Bonchev–Trinajstić information content (AvgIpc) is 2.68. The van der Waals surface area contributed by atoms with Gasteiger partial charge in [0.2, 0.25) is 0 Å². The number of rotatable bonds is 1. The van der Waals surface area contributed by atoms with E-state index in [1.807, 2.05) is 0 Å². The molecule has 1 saturated carbocycles. The Labute approximate surface area is 136 Å². The van der Waals surface area contributed by atoms with Crippen molar-refractivity contribution in [2.75, 3.05) is 0 Å². The zero-order chi connectivity index (χ0) is 17.5. The van der Waals surface area contributed by atoms with Crippen molar-refractivity contribution in [3.8, 4) is 5.75 Å². The van der Waals surface area contributed by atoms with Crippen LogP contribution in [-0.2, 0) is 0 Å². The van der Waals surface area contributed by atoms with E-state index in [0.29, 0.717) is 19.3 Å². The van der Waals surface area contributed by atoms with Gasteiger partial charge in [-0.2, -0.15) is 23.3 Å². The molecule has 24 heavy (non-hydrogen) atoms. The number of carbonyl (C=O) groups excluding carboxylic acids is 1. The minimum absolute atomic E-state index is 0.105. The van der Waals surface area contributed by atoms with E-state index in [1.165, 1.54) is 24.3 Å². The van der Waals surface area contributed by atoms with Crippen molar-refractivity contribution in [3.05, 3.63) is 29.8 Å². The van der Waals surface area contributed by atoms with Crippen LogP contribution in [0.1, 0.15) is 42.5 Å². The molecule has 1 fully saturated rings. The molecule has 1 aliphatic carbocycles. The maximum atomic E-state index is 13.7. The number of benzene rings is 1. The summed E-state index contributed by atoms with van der Waals surface area (Å²) in [6, 6.07) is 5.26. The molecule has 1 amide bonds. The van der Waals surface area contributed by atoms with Crippen LogP contribution in [0.2, 0.25) is 0 Å². The van der Waals surface area contributed by atoms with Gasteiger partial charge in [0.25, 0.3) is 11.6 Å². The fourth-order valence-corrected chi connectivity index (χ4v) is 3.36. The van der Waals surface area contributed by atoms with Gasteiger partial charge in [0.1, 0.15) is 5.75 Å². The molecule has 0 radical (unpaired) electrons. The van der Waals surface area contributed by atoms with Crippen LogP contribution in [0.25, 0.3) is 0 Å². The van der Waals surface area contributed by atoms with E-state index in [0.717, 1.165) is 6.42 Å². The lowest BCUT2D eigenvalue weighted by atomic mass is 9.87. The van der Waals surface area contributed by atoms with Crippen molar-refractivity contribution in [3.63, 3.8) is 0 Å². The van der Waals surface area contributed by atoms with Crippen LogP contribution in [0, 0.1) is 5.92 Å². The van der Waals surface area contributed by atoms with E-state index < -0.39 is 29.5 Å². The first kappa shape index (κ1) is 16.8. The zero-order valence-electron chi connectivity index (χ0n) is 12.8. The number of hydrogen-bond acceptors (Lipinski definition) is 4. The highest BCUT2D eigenvalue weighted by Crippen LogP contribution is 2.48. The zero-order valence-corrected chi connectivity index (χ0v) is 12.8. The Balaban J connectivity index is 2.07. The molecule has 2 atom stereocenters. The predicted octanol–water partition coefficient (Wildman–Crippen LogP) is 3.04. The van der Waals surface area contributed by atoms with Crippen LogP contribution in [0.4, 0.5) is 13.2 Å². The second-order valence-electron chi connectivity index (χ2n) is 6.10. The average molecular weight is 342 g/mol. The Hall–Kier alpha value is -2.09. The van der Waals surface area contributed by atoms with Gasteiger partial charge in [-0.25, -0.2) is 0 Å². The summed E-state index contributed by atoms with van der Waals surface area (Å²) in [6.07, 6.45) is -2.68. The van der Waals surface area contributed by atoms with Crippen LogP contribution in [0.15, 0.2) is 29.4 Å². The number of aliphatic hydroxyl groups is 1. The number of hydrazone groups is 1. The van der Waals surface area contributed by atoms with Gasteiger partial charge in [0.15, 0.2) is 0 Å². The molecular formula is C16H17F3N2O3. The number of phenolic OH excluding ortho intramolecular Hbond substituents is 1. The molecule has 2 aliphatic rings. The molecule has 8 heteroatoms. The topological polar surface area (TPSA) is 73.1 Å². The molecule has 130 valence electrons. The van der Waals surface area contributed by atoms with Crippen molar-refractivity contribution < 1.29 is 28.2 Å². The van der Waals surface area contributed by atoms with Crippen molar-refractivity contribution >= 4 is 11.6 Å². The number of fused-ring (bicyclic) bond motifs is 1. The lowest BCUT2D eigenvalue weighted by Gasteiger charge is -2.37. The van der Waals surface area contributed by atoms with Crippen LogP contribution in [0.3, 0.4) is 0 Å². The van der Waals surface area contributed by atoms with Crippen LogP contribution < -0.4 is 0 Å². The van der Waals surface area contributed by atoms with E-state index in [1.54, 1.807) is 0 Å². The van der Waals surface area contributed by atoms with Crippen molar-refractivity contribution in [2.45, 2.75) is 44.0 Å². The third-order valence-corrected chi connectivity index (χ3v) is 4.61. The molecule has 5 nitrogen and oxygen atoms in total. The minimum atomic E-state index is -5.06. The highest BCUT2D eigenvalue weighted by molar-refractivity contribution is 6.00. The maximum Gasteiger partial charge on any atom is 0.439 e. The summed E-state index contributed by atoms with van der Waals surface area (Å²) in [4.78, 5) is 12.6. The van der Waals surface area contributed by atoms with Gasteiger partial charge in [0, 0.05) is 5.71 Å². The first-order valence-electron chi connectivity index (χ1n) is 7.76. The Bertz CT molecular complexity index is 689. The van der Waals surface area contributed by atoms with Gasteiger partial charge >= 0.3 is 6.18 Å². The summed E-state index contributed by atoms with van der Waals surface area (Å²) >= 11 is 0. The third-order valence-electron chi connectivity index (χ3n) is 4.61. The number of para-hydroxylation sites is 1. The molecule has 3 rings (SSSR count). The van der Waals surface area contributed by atoms with Gasteiger partial charge in [-0.3, -0.25) is 4.79 Å². The SMILES string of the molecule is O=C(c1ccccc1O)N1N=C2CCCCC[C@H]2[C@]1(O)C(F)(F)F. The number of amides is 1. The predicted molar refractivity (Wildman–Crippen MR) is 79.3 cm³/mol. The fourth-order valence-electron chi connectivity index (χ4n) is 3.36. The number of phenols is 1. The number of halogens is 3. The summed E-state index contributed by atoms with van der Waals surface area (Å²) < 4.78 is 41.1. The van der Waals surface area contributed by atoms with E-state index >= 15 is 0 Å². The molecule has 0 bridgehead atoms. The largest absolute Gasteiger partial charge is 0.507 e. The minimum Gasteiger partial charge on any atom is -0.507 e. The molecule has 0 spiro atoms. The molecule has 1 aromatic carbocycles. The number of nitrogens with zero attached hydrogens (tertiary/aromatic N) is 2. The molecule has 0 aromatic heterocycles. The van der Waals surface area contributed by atoms with Crippen molar-refractivity contribution in [1.29, 1.82) is 0 Å². The molecule has 0 saturated heterocycles. The maximum absolute atomic E-state index is 13.7. The highest BCUT2D eigenvalue weighted by Gasteiger charge is 2.68. The van der Waals surface area contributed by atoms with E-state index in [4.69, 9.17) is 0 Å². The molecule has 1 heterocycles. The summed E-state index contributed by atoms with van der Waals surface area (Å²) in [6.45, 7) is 0. The molecule has 2 N–H and O–H groups in total. The Kier molecular flexibility index (Phi) is 4.03. The lowest BCUT2D eigenvalue weighted by Crippen LogP contribution is -2.61. The Morgan fingerprint density at radius 3 is 2.62 bits per heavy atom. The van der Waals surface area contributed by atoms with Gasteiger partial charge in [-0.15, -0.1) is 0 Å².